The molecule has 8 heteroatoms. The van der Waals surface area contributed by atoms with Gasteiger partial charge >= 0.3 is 0 Å². The van der Waals surface area contributed by atoms with Gasteiger partial charge in [-0.3, -0.25) is 9.59 Å². The molecule has 0 aromatic heterocycles. The van der Waals surface area contributed by atoms with Crippen LogP contribution in [0.4, 0.5) is 11.4 Å². The van der Waals surface area contributed by atoms with Gasteiger partial charge in [0.2, 0.25) is 15.9 Å². The number of benzene rings is 2. The Labute approximate surface area is 170 Å². The minimum atomic E-state index is -3.49. The number of amides is 2. The Bertz CT molecular complexity index is 1010. The molecule has 2 aromatic carbocycles. The van der Waals surface area contributed by atoms with Gasteiger partial charge in [0.15, 0.2) is 0 Å². The minimum Gasteiger partial charge on any atom is -0.322 e. The van der Waals surface area contributed by atoms with Crippen molar-refractivity contribution >= 4 is 33.2 Å². The second kappa shape index (κ2) is 7.96. The van der Waals surface area contributed by atoms with Gasteiger partial charge in [-0.2, -0.15) is 4.31 Å². The Morgan fingerprint density at radius 1 is 0.862 bits per heavy atom. The summed E-state index contributed by atoms with van der Waals surface area (Å²) in [6.07, 6.45) is 3.19. The van der Waals surface area contributed by atoms with Crippen LogP contribution < -0.4 is 10.2 Å². The SMILES string of the molecule is O=C(Nc1ccc(N2CCCC2=O)cc1)c1ccc(S(=O)(=O)N2CCCC2)cc1. The maximum Gasteiger partial charge on any atom is 0.255 e. The van der Waals surface area contributed by atoms with Crippen molar-refractivity contribution in [1.29, 1.82) is 0 Å². The molecule has 0 saturated carbocycles. The summed E-state index contributed by atoms with van der Waals surface area (Å²) in [4.78, 5) is 26.2. The van der Waals surface area contributed by atoms with Gasteiger partial charge in [-0.25, -0.2) is 8.42 Å². The van der Waals surface area contributed by atoms with E-state index in [0.717, 1.165) is 31.5 Å². The first-order valence-corrected chi connectivity index (χ1v) is 11.2. The summed E-state index contributed by atoms with van der Waals surface area (Å²) in [5, 5.41) is 2.80. The van der Waals surface area contributed by atoms with E-state index in [4.69, 9.17) is 0 Å². The van der Waals surface area contributed by atoms with E-state index in [1.807, 2.05) is 12.1 Å². The molecule has 2 saturated heterocycles. The highest BCUT2D eigenvalue weighted by molar-refractivity contribution is 7.89. The molecule has 2 aliphatic heterocycles. The molecule has 1 N–H and O–H groups in total. The fraction of sp³-hybridized carbons (Fsp3) is 0.333. The molecule has 7 nitrogen and oxygen atoms in total. The molecule has 2 aliphatic rings. The number of nitrogens with zero attached hydrogens (tertiary/aromatic N) is 2. The first kappa shape index (κ1) is 19.6. The van der Waals surface area contributed by atoms with Crippen LogP contribution in [-0.2, 0) is 14.8 Å². The third-order valence-corrected chi connectivity index (χ3v) is 7.24. The van der Waals surface area contributed by atoms with E-state index in [1.54, 1.807) is 17.0 Å². The molecule has 2 aromatic rings. The number of nitrogens with one attached hydrogen (secondary N) is 1. The van der Waals surface area contributed by atoms with Gasteiger partial charge in [-0.1, -0.05) is 0 Å². The fourth-order valence-electron chi connectivity index (χ4n) is 3.70. The van der Waals surface area contributed by atoms with Gasteiger partial charge in [0.25, 0.3) is 5.91 Å². The van der Waals surface area contributed by atoms with E-state index in [2.05, 4.69) is 5.32 Å². The highest BCUT2D eigenvalue weighted by Gasteiger charge is 2.27. The predicted molar refractivity (Wildman–Crippen MR) is 110 cm³/mol. The lowest BCUT2D eigenvalue weighted by Gasteiger charge is -2.16. The van der Waals surface area contributed by atoms with Crippen LogP contribution in [0.3, 0.4) is 0 Å². The van der Waals surface area contributed by atoms with Crippen molar-refractivity contribution in [3.63, 3.8) is 0 Å². The smallest absolute Gasteiger partial charge is 0.255 e. The molecule has 0 spiro atoms. The summed E-state index contributed by atoms with van der Waals surface area (Å²) in [6, 6.07) is 13.1. The minimum absolute atomic E-state index is 0.116. The molecule has 4 rings (SSSR count). The van der Waals surface area contributed by atoms with Gasteiger partial charge in [0.1, 0.15) is 0 Å². The number of hydrogen-bond acceptors (Lipinski definition) is 4. The fourth-order valence-corrected chi connectivity index (χ4v) is 5.22. The van der Waals surface area contributed by atoms with Gasteiger partial charge in [-0.05, 0) is 67.8 Å². The summed E-state index contributed by atoms with van der Waals surface area (Å²) in [7, 11) is -3.49. The topological polar surface area (TPSA) is 86.8 Å². The summed E-state index contributed by atoms with van der Waals surface area (Å²) in [5.74, 6) is -0.203. The quantitative estimate of drug-likeness (QED) is 0.817. The summed E-state index contributed by atoms with van der Waals surface area (Å²) >= 11 is 0. The molecule has 29 heavy (non-hydrogen) atoms. The average molecular weight is 413 g/mol. The molecule has 2 amide bonds. The Morgan fingerprint density at radius 2 is 1.52 bits per heavy atom. The molecule has 2 heterocycles. The number of carbonyl (C=O) groups is 2. The molecule has 0 unspecified atom stereocenters. The maximum absolute atomic E-state index is 12.6. The Kier molecular flexibility index (Phi) is 5.38. The Balaban J connectivity index is 1.42. The summed E-state index contributed by atoms with van der Waals surface area (Å²) in [6.45, 7) is 1.81. The van der Waals surface area contributed by atoms with Crippen LogP contribution in [-0.4, -0.2) is 44.2 Å². The molecule has 0 bridgehead atoms. The largest absolute Gasteiger partial charge is 0.322 e. The van der Waals surface area contributed by atoms with Crippen LogP contribution in [0.15, 0.2) is 53.4 Å². The highest BCUT2D eigenvalue weighted by atomic mass is 32.2. The van der Waals surface area contributed by atoms with Crippen LogP contribution in [0.2, 0.25) is 0 Å². The number of rotatable bonds is 5. The van der Waals surface area contributed by atoms with Crippen molar-refractivity contribution in [3.05, 3.63) is 54.1 Å². The van der Waals surface area contributed by atoms with E-state index >= 15 is 0 Å². The van der Waals surface area contributed by atoms with Crippen LogP contribution in [0, 0.1) is 0 Å². The van der Waals surface area contributed by atoms with Crippen molar-refractivity contribution in [2.24, 2.45) is 0 Å². The van der Waals surface area contributed by atoms with E-state index in [1.165, 1.54) is 28.6 Å². The first-order valence-electron chi connectivity index (χ1n) is 9.77. The summed E-state index contributed by atoms with van der Waals surface area (Å²) < 4.78 is 26.6. The maximum atomic E-state index is 12.6. The number of anilines is 2. The molecule has 0 aliphatic carbocycles. The van der Waals surface area contributed by atoms with Gasteiger partial charge in [0, 0.05) is 43.0 Å². The molecule has 0 radical (unpaired) electrons. The van der Waals surface area contributed by atoms with Crippen molar-refractivity contribution in [2.45, 2.75) is 30.6 Å². The third kappa shape index (κ3) is 4.04. The van der Waals surface area contributed by atoms with Crippen LogP contribution in [0.25, 0.3) is 0 Å². The third-order valence-electron chi connectivity index (χ3n) is 5.33. The zero-order valence-electron chi connectivity index (χ0n) is 16.0. The lowest BCUT2D eigenvalue weighted by Crippen LogP contribution is -2.27. The van der Waals surface area contributed by atoms with Crippen molar-refractivity contribution < 1.29 is 18.0 Å². The van der Waals surface area contributed by atoms with Gasteiger partial charge in [0.05, 0.1) is 4.90 Å². The summed E-state index contributed by atoms with van der Waals surface area (Å²) in [5.41, 5.74) is 1.81. The highest BCUT2D eigenvalue weighted by Crippen LogP contribution is 2.24. The number of carbonyl (C=O) groups excluding carboxylic acids is 2. The molecule has 2 fully saturated rings. The Hall–Kier alpha value is -2.71. The van der Waals surface area contributed by atoms with Crippen molar-refractivity contribution in [1.82, 2.24) is 4.31 Å². The van der Waals surface area contributed by atoms with E-state index < -0.39 is 10.0 Å². The van der Waals surface area contributed by atoms with Crippen LogP contribution in [0.1, 0.15) is 36.0 Å². The van der Waals surface area contributed by atoms with Gasteiger partial charge in [-0.15, -0.1) is 0 Å². The van der Waals surface area contributed by atoms with E-state index in [0.29, 0.717) is 30.8 Å². The molecule has 0 atom stereocenters. The lowest BCUT2D eigenvalue weighted by atomic mass is 10.2. The van der Waals surface area contributed by atoms with Gasteiger partial charge < -0.3 is 10.2 Å². The van der Waals surface area contributed by atoms with Crippen molar-refractivity contribution in [2.75, 3.05) is 29.9 Å². The average Bonchev–Trinajstić information content (AvgIpc) is 3.41. The lowest BCUT2D eigenvalue weighted by molar-refractivity contribution is -0.117. The number of hydrogen-bond donors (Lipinski definition) is 1. The van der Waals surface area contributed by atoms with Crippen LogP contribution in [0.5, 0.6) is 0 Å². The normalized spacial score (nSPS) is 17.7. The van der Waals surface area contributed by atoms with E-state index in [9.17, 15) is 18.0 Å². The monoisotopic (exact) mass is 413 g/mol. The second-order valence-corrected chi connectivity index (χ2v) is 9.22. The predicted octanol–water partition coefficient (Wildman–Crippen LogP) is 2.85. The first-order chi connectivity index (χ1) is 13.9. The van der Waals surface area contributed by atoms with Crippen molar-refractivity contribution in [3.8, 4) is 0 Å². The molecular formula is C21H23N3O4S. The number of sulfonamides is 1. The molecular weight excluding hydrogens is 390 g/mol. The second-order valence-electron chi connectivity index (χ2n) is 7.29. The standard InChI is InChI=1S/C21H23N3O4S/c25-20-4-3-15-24(20)18-9-7-17(8-10-18)22-21(26)16-5-11-19(12-6-16)29(27,28)23-13-1-2-14-23/h5-12H,1-4,13-15H2,(H,22,26). The van der Waals surface area contributed by atoms with E-state index in [-0.39, 0.29) is 16.7 Å². The molecule has 152 valence electrons. The Morgan fingerprint density at radius 3 is 2.10 bits per heavy atom. The zero-order chi connectivity index (χ0) is 20.4. The van der Waals surface area contributed by atoms with Crippen LogP contribution >= 0.6 is 0 Å². The zero-order valence-corrected chi connectivity index (χ0v) is 16.8.